The van der Waals surface area contributed by atoms with E-state index in [2.05, 4.69) is 20.4 Å². The molecule has 2 heterocycles. The first-order valence-electron chi connectivity index (χ1n) is 9.46. The van der Waals surface area contributed by atoms with Crippen molar-refractivity contribution >= 4 is 22.6 Å². The molecule has 3 aromatic rings. The number of benzene rings is 2. The molecule has 7 heteroatoms. The summed E-state index contributed by atoms with van der Waals surface area (Å²) in [7, 11) is 0. The summed E-state index contributed by atoms with van der Waals surface area (Å²) in [5.74, 6) is 0.541. The van der Waals surface area contributed by atoms with Crippen molar-refractivity contribution < 1.29 is 9.18 Å². The van der Waals surface area contributed by atoms with Crippen LogP contribution in [0.2, 0.25) is 0 Å². The van der Waals surface area contributed by atoms with Crippen LogP contribution in [0.1, 0.15) is 6.92 Å². The Morgan fingerprint density at radius 3 is 2.36 bits per heavy atom. The van der Waals surface area contributed by atoms with E-state index in [0.29, 0.717) is 32.7 Å². The monoisotopic (exact) mass is 379 g/mol. The maximum atomic E-state index is 13.3. The molecule has 0 spiro atoms. The highest BCUT2D eigenvalue weighted by atomic mass is 19.1. The third kappa shape index (κ3) is 3.47. The van der Waals surface area contributed by atoms with Crippen LogP contribution in [0.15, 0.2) is 48.5 Å². The molecule has 1 saturated heterocycles. The Morgan fingerprint density at radius 1 is 1.00 bits per heavy atom. The molecule has 2 aromatic carbocycles. The zero-order valence-electron chi connectivity index (χ0n) is 15.7. The van der Waals surface area contributed by atoms with Gasteiger partial charge < -0.3 is 15.1 Å². The lowest BCUT2D eigenvalue weighted by Gasteiger charge is -2.35. The van der Waals surface area contributed by atoms with Crippen molar-refractivity contribution in [2.24, 2.45) is 0 Å². The van der Waals surface area contributed by atoms with Gasteiger partial charge in [0, 0.05) is 49.1 Å². The number of nitrogens with one attached hydrogen (secondary N) is 1. The summed E-state index contributed by atoms with van der Waals surface area (Å²) in [6.45, 7) is 5.22. The maximum absolute atomic E-state index is 13.3. The molecule has 6 nitrogen and oxygen atoms in total. The number of amides is 2. The second kappa shape index (κ2) is 7.80. The molecule has 4 rings (SSSR count). The summed E-state index contributed by atoms with van der Waals surface area (Å²) >= 11 is 0. The number of fused-ring (bicyclic) bond motifs is 1. The first kappa shape index (κ1) is 18.2. The molecule has 1 aliphatic rings. The van der Waals surface area contributed by atoms with Crippen LogP contribution in [-0.4, -0.2) is 53.9 Å². The van der Waals surface area contributed by atoms with E-state index in [1.165, 1.54) is 12.1 Å². The zero-order valence-corrected chi connectivity index (χ0v) is 15.7. The van der Waals surface area contributed by atoms with Gasteiger partial charge in [-0.25, -0.2) is 9.18 Å². The molecule has 0 atom stereocenters. The number of urea groups is 1. The Balaban J connectivity index is 1.64. The highest BCUT2D eigenvalue weighted by molar-refractivity contribution is 6.00. The fourth-order valence-electron chi connectivity index (χ4n) is 3.53. The Hall–Kier alpha value is -3.22. The van der Waals surface area contributed by atoms with Crippen LogP contribution in [0, 0.1) is 5.82 Å². The topological polar surface area (TPSA) is 61.4 Å². The van der Waals surface area contributed by atoms with Crippen LogP contribution < -0.4 is 10.2 Å². The van der Waals surface area contributed by atoms with E-state index in [9.17, 15) is 9.18 Å². The van der Waals surface area contributed by atoms with Crippen molar-refractivity contribution in [3.05, 3.63) is 54.3 Å². The molecular formula is C21H22FN5O. The predicted molar refractivity (Wildman–Crippen MR) is 108 cm³/mol. The van der Waals surface area contributed by atoms with E-state index in [4.69, 9.17) is 0 Å². The van der Waals surface area contributed by atoms with Gasteiger partial charge in [0.2, 0.25) is 0 Å². The molecule has 1 N–H and O–H groups in total. The van der Waals surface area contributed by atoms with Crippen molar-refractivity contribution in [2.45, 2.75) is 6.92 Å². The van der Waals surface area contributed by atoms with Crippen molar-refractivity contribution in [3.63, 3.8) is 0 Å². The van der Waals surface area contributed by atoms with E-state index >= 15 is 0 Å². The Labute approximate surface area is 163 Å². The largest absolute Gasteiger partial charge is 0.351 e. The van der Waals surface area contributed by atoms with Crippen LogP contribution in [0.5, 0.6) is 0 Å². The van der Waals surface area contributed by atoms with Crippen LogP contribution in [-0.2, 0) is 0 Å². The van der Waals surface area contributed by atoms with Crippen molar-refractivity contribution in [1.29, 1.82) is 0 Å². The summed E-state index contributed by atoms with van der Waals surface area (Å²) in [5, 5.41) is 13.8. The molecule has 28 heavy (non-hydrogen) atoms. The number of carbonyl (C=O) groups is 1. The fraction of sp³-hybridized carbons (Fsp3) is 0.286. The summed E-state index contributed by atoms with van der Waals surface area (Å²) in [6, 6.07) is 14.3. The van der Waals surface area contributed by atoms with Gasteiger partial charge in [-0.2, -0.15) is 0 Å². The number of hydrogen-bond donors (Lipinski definition) is 1. The number of hydrogen-bond acceptors (Lipinski definition) is 4. The van der Waals surface area contributed by atoms with Gasteiger partial charge in [-0.1, -0.05) is 24.3 Å². The number of halogens is 1. The summed E-state index contributed by atoms with van der Waals surface area (Å²) in [4.78, 5) is 16.0. The van der Waals surface area contributed by atoms with E-state index in [1.54, 1.807) is 12.1 Å². The lowest BCUT2D eigenvalue weighted by Crippen LogP contribution is -2.52. The molecule has 0 aliphatic carbocycles. The third-order valence-corrected chi connectivity index (χ3v) is 4.98. The number of rotatable bonds is 3. The highest BCUT2D eigenvalue weighted by Gasteiger charge is 2.23. The fourth-order valence-corrected chi connectivity index (χ4v) is 3.53. The Morgan fingerprint density at radius 2 is 1.68 bits per heavy atom. The van der Waals surface area contributed by atoms with E-state index in [0.717, 1.165) is 27.8 Å². The molecule has 0 bridgehead atoms. The molecule has 2 amide bonds. The molecule has 1 aliphatic heterocycles. The van der Waals surface area contributed by atoms with Crippen LogP contribution >= 0.6 is 0 Å². The molecular weight excluding hydrogens is 357 g/mol. The second-order valence-corrected chi connectivity index (χ2v) is 6.73. The van der Waals surface area contributed by atoms with Gasteiger partial charge in [-0.3, -0.25) is 0 Å². The van der Waals surface area contributed by atoms with Crippen LogP contribution in [0.3, 0.4) is 0 Å². The number of carbonyl (C=O) groups excluding carboxylic acids is 1. The molecule has 0 radical (unpaired) electrons. The number of anilines is 1. The van der Waals surface area contributed by atoms with Crippen LogP contribution in [0.25, 0.3) is 22.0 Å². The average Bonchev–Trinajstić information content (AvgIpc) is 2.74. The first-order valence-corrected chi connectivity index (χ1v) is 9.46. The van der Waals surface area contributed by atoms with Gasteiger partial charge in [0.15, 0.2) is 5.82 Å². The van der Waals surface area contributed by atoms with E-state index in [-0.39, 0.29) is 11.8 Å². The molecule has 1 fully saturated rings. The number of aromatic nitrogens is 2. The van der Waals surface area contributed by atoms with Crippen molar-refractivity contribution in [1.82, 2.24) is 20.4 Å². The van der Waals surface area contributed by atoms with Crippen LogP contribution in [0.4, 0.5) is 15.0 Å². The van der Waals surface area contributed by atoms with Gasteiger partial charge in [0.05, 0.1) is 0 Å². The quantitative estimate of drug-likeness (QED) is 0.759. The van der Waals surface area contributed by atoms with Gasteiger partial charge >= 0.3 is 6.03 Å². The summed E-state index contributed by atoms with van der Waals surface area (Å²) in [5.41, 5.74) is 1.57. The maximum Gasteiger partial charge on any atom is 0.317 e. The normalized spacial score (nSPS) is 14.4. The molecule has 144 valence electrons. The minimum atomic E-state index is -0.275. The zero-order chi connectivity index (χ0) is 19.5. The smallest absolute Gasteiger partial charge is 0.317 e. The van der Waals surface area contributed by atoms with Gasteiger partial charge in [-0.15, -0.1) is 10.2 Å². The lowest BCUT2D eigenvalue weighted by atomic mass is 10.0. The van der Waals surface area contributed by atoms with Crippen molar-refractivity contribution in [3.8, 4) is 11.3 Å². The molecule has 0 saturated carbocycles. The molecule has 0 unspecified atom stereocenters. The predicted octanol–water partition coefficient (Wildman–Crippen LogP) is 3.29. The first-order chi connectivity index (χ1) is 13.7. The summed E-state index contributed by atoms with van der Waals surface area (Å²) in [6.07, 6.45) is 0. The number of nitrogens with zero attached hydrogens (tertiary/aromatic N) is 4. The Bertz CT molecular complexity index is 984. The average molecular weight is 379 g/mol. The second-order valence-electron chi connectivity index (χ2n) is 6.73. The molecule has 1 aromatic heterocycles. The SMILES string of the molecule is CCNC(=O)N1CCN(c2nnc(-c3ccc(F)cc3)c3ccccc23)CC1. The summed E-state index contributed by atoms with van der Waals surface area (Å²) < 4.78 is 13.3. The van der Waals surface area contributed by atoms with E-state index < -0.39 is 0 Å². The highest BCUT2D eigenvalue weighted by Crippen LogP contribution is 2.31. The Kier molecular flexibility index (Phi) is 5.06. The van der Waals surface area contributed by atoms with Gasteiger partial charge in [0.1, 0.15) is 11.5 Å². The minimum absolute atomic E-state index is 0.0234. The van der Waals surface area contributed by atoms with Gasteiger partial charge in [0.25, 0.3) is 0 Å². The standard InChI is InChI=1S/C21H22FN5O/c1-2-23-21(28)27-13-11-26(12-14-27)20-18-6-4-3-5-17(18)19(24-25-20)15-7-9-16(22)10-8-15/h3-10H,2,11-14H2,1H3,(H,23,28). The van der Waals surface area contributed by atoms with Gasteiger partial charge in [-0.05, 0) is 31.2 Å². The van der Waals surface area contributed by atoms with E-state index in [1.807, 2.05) is 36.1 Å². The van der Waals surface area contributed by atoms with Crippen molar-refractivity contribution in [2.75, 3.05) is 37.6 Å². The number of piperazine rings is 1. The lowest BCUT2D eigenvalue weighted by molar-refractivity contribution is 0.195. The third-order valence-electron chi connectivity index (χ3n) is 4.98. The minimum Gasteiger partial charge on any atom is -0.351 e.